The van der Waals surface area contributed by atoms with Crippen LogP contribution in [-0.2, 0) is 20.0 Å². The van der Waals surface area contributed by atoms with Crippen LogP contribution in [0.25, 0.3) is 0 Å². The van der Waals surface area contributed by atoms with Gasteiger partial charge in [-0.25, -0.2) is 16.8 Å². The maximum Gasteiger partial charge on any atom is 0.264 e. The van der Waals surface area contributed by atoms with Gasteiger partial charge in [0.25, 0.3) is 20.0 Å². The molecule has 0 aliphatic rings. The predicted octanol–water partition coefficient (Wildman–Crippen LogP) is 5.76. The lowest BCUT2D eigenvalue weighted by Gasteiger charge is -2.25. The van der Waals surface area contributed by atoms with Gasteiger partial charge in [0.05, 0.1) is 21.2 Å². The van der Waals surface area contributed by atoms with Gasteiger partial charge in [0.15, 0.2) is 0 Å². The smallest absolute Gasteiger partial charge is 0.264 e. The van der Waals surface area contributed by atoms with Crippen LogP contribution >= 0.6 is 0 Å². The Morgan fingerprint density at radius 3 is 1.20 bits per heavy atom. The molecule has 216 valence electrons. The molecule has 0 saturated heterocycles. The largest absolute Gasteiger partial charge is 0.317 e. The van der Waals surface area contributed by atoms with E-state index in [0.717, 1.165) is 11.1 Å². The van der Waals surface area contributed by atoms with E-state index in [1.807, 2.05) is 50.2 Å². The second-order valence-electron chi connectivity index (χ2n) is 9.91. The first-order valence-electron chi connectivity index (χ1n) is 13.7. The van der Waals surface area contributed by atoms with Gasteiger partial charge in [-0.05, 0) is 88.3 Å². The molecule has 9 heteroatoms. The van der Waals surface area contributed by atoms with Crippen LogP contribution in [-0.4, -0.2) is 43.0 Å². The van der Waals surface area contributed by atoms with Crippen molar-refractivity contribution in [1.29, 1.82) is 0 Å². The average molecular weight is 592 g/mol. The quantitative estimate of drug-likeness (QED) is 0.188. The Hall–Kier alpha value is -3.66. The van der Waals surface area contributed by atoms with Gasteiger partial charge in [0.2, 0.25) is 0 Å². The number of aryl methyl sites for hydroxylation is 2. The topological polar surface area (TPSA) is 86.8 Å². The van der Waals surface area contributed by atoms with Gasteiger partial charge in [-0.15, -0.1) is 0 Å². The Bertz CT molecular complexity index is 1470. The van der Waals surface area contributed by atoms with Crippen molar-refractivity contribution in [1.82, 2.24) is 5.32 Å². The summed E-state index contributed by atoms with van der Waals surface area (Å²) in [5, 5.41) is 3.35. The number of hydrogen-bond donors (Lipinski definition) is 1. The van der Waals surface area contributed by atoms with Crippen molar-refractivity contribution in [3.63, 3.8) is 0 Å². The summed E-state index contributed by atoms with van der Waals surface area (Å²) in [6.45, 7) is 5.64. The predicted molar refractivity (Wildman–Crippen MR) is 166 cm³/mol. The fraction of sp³-hybridized carbons (Fsp3) is 0.250. The molecule has 0 spiro atoms. The average Bonchev–Trinajstić information content (AvgIpc) is 2.97. The van der Waals surface area contributed by atoms with Gasteiger partial charge < -0.3 is 5.32 Å². The molecule has 4 rings (SSSR count). The number of sulfonamides is 2. The van der Waals surface area contributed by atoms with Gasteiger partial charge in [-0.3, -0.25) is 8.61 Å². The van der Waals surface area contributed by atoms with Gasteiger partial charge in [-0.2, -0.15) is 0 Å². The summed E-state index contributed by atoms with van der Waals surface area (Å²) < 4.78 is 56.9. The van der Waals surface area contributed by atoms with Gasteiger partial charge in [0, 0.05) is 13.1 Å². The standard InChI is InChI=1S/C32H37N3O4S2/c1-27-15-19-31(20-16-27)40(36,37)34(29-11-5-3-6-12-29)25-9-23-33-24-10-26-35(30-13-7-4-8-14-30)41(38,39)32-21-17-28(2)18-22-32/h3-8,11-22,33H,9-10,23-26H2,1-2H3. The van der Waals surface area contributed by atoms with E-state index in [2.05, 4.69) is 5.32 Å². The zero-order valence-electron chi connectivity index (χ0n) is 23.5. The summed E-state index contributed by atoms with van der Waals surface area (Å²) in [7, 11) is -7.45. The van der Waals surface area contributed by atoms with Crippen LogP contribution in [0.1, 0.15) is 24.0 Å². The van der Waals surface area contributed by atoms with Crippen LogP contribution < -0.4 is 13.9 Å². The van der Waals surface area contributed by atoms with Crippen LogP contribution in [0.2, 0.25) is 0 Å². The molecule has 41 heavy (non-hydrogen) atoms. The molecular weight excluding hydrogens is 555 g/mol. The minimum absolute atomic E-state index is 0.260. The van der Waals surface area contributed by atoms with Crippen molar-refractivity contribution in [2.24, 2.45) is 0 Å². The highest BCUT2D eigenvalue weighted by Gasteiger charge is 2.25. The lowest BCUT2D eigenvalue weighted by Crippen LogP contribution is -2.35. The lowest BCUT2D eigenvalue weighted by atomic mass is 10.2. The highest BCUT2D eigenvalue weighted by molar-refractivity contribution is 7.93. The first-order chi connectivity index (χ1) is 19.7. The van der Waals surface area contributed by atoms with Gasteiger partial charge in [-0.1, -0.05) is 71.8 Å². The maximum absolute atomic E-state index is 13.5. The number of nitrogens with zero attached hydrogens (tertiary/aromatic N) is 2. The van der Waals surface area contributed by atoms with Crippen molar-refractivity contribution in [3.8, 4) is 0 Å². The molecule has 0 saturated carbocycles. The molecule has 0 atom stereocenters. The monoisotopic (exact) mass is 591 g/mol. The van der Waals surface area contributed by atoms with Crippen LogP contribution in [0.4, 0.5) is 11.4 Å². The summed E-state index contributed by atoms with van der Waals surface area (Å²) in [5.74, 6) is 0. The van der Waals surface area contributed by atoms with Crippen LogP contribution in [0.3, 0.4) is 0 Å². The van der Waals surface area contributed by atoms with Crippen molar-refractivity contribution >= 4 is 31.4 Å². The summed E-state index contributed by atoms with van der Waals surface area (Å²) in [5.41, 5.74) is 3.23. The summed E-state index contributed by atoms with van der Waals surface area (Å²) in [6.07, 6.45) is 1.17. The molecule has 0 radical (unpaired) electrons. The normalized spacial score (nSPS) is 11.8. The fourth-order valence-corrected chi connectivity index (χ4v) is 7.47. The van der Waals surface area contributed by atoms with E-state index < -0.39 is 20.0 Å². The molecular formula is C32H37N3O4S2. The SMILES string of the molecule is Cc1ccc(S(=O)(=O)N(CCCNCCCN(c2ccccc2)S(=O)(=O)c2ccc(C)cc2)c2ccccc2)cc1. The molecule has 4 aromatic rings. The van der Waals surface area contributed by atoms with Gasteiger partial charge in [0.1, 0.15) is 0 Å². The van der Waals surface area contributed by atoms with Gasteiger partial charge >= 0.3 is 0 Å². The summed E-state index contributed by atoms with van der Waals surface area (Å²) in [4.78, 5) is 0.520. The molecule has 0 fully saturated rings. The van der Waals surface area contributed by atoms with E-state index in [1.54, 1.807) is 72.8 Å². The highest BCUT2D eigenvalue weighted by atomic mass is 32.2. The molecule has 4 aromatic carbocycles. The molecule has 0 aliphatic carbocycles. The van der Waals surface area contributed by atoms with E-state index in [-0.39, 0.29) is 9.79 Å². The molecule has 0 aliphatic heterocycles. The van der Waals surface area contributed by atoms with E-state index in [4.69, 9.17) is 0 Å². The van der Waals surface area contributed by atoms with E-state index in [1.165, 1.54) is 8.61 Å². The number of nitrogens with one attached hydrogen (secondary N) is 1. The Morgan fingerprint density at radius 1 is 0.512 bits per heavy atom. The number of rotatable bonds is 14. The van der Waals surface area contributed by atoms with E-state index >= 15 is 0 Å². The maximum atomic E-state index is 13.5. The van der Waals surface area contributed by atoms with Crippen molar-refractivity contribution < 1.29 is 16.8 Å². The minimum atomic E-state index is -3.72. The number of hydrogen-bond acceptors (Lipinski definition) is 5. The lowest BCUT2D eigenvalue weighted by molar-refractivity contribution is 0.581. The Labute approximate surface area is 244 Å². The molecule has 0 aromatic heterocycles. The number of anilines is 2. The summed E-state index contributed by atoms with van der Waals surface area (Å²) >= 11 is 0. The second kappa shape index (κ2) is 13.8. The van der Waals surface area contributed by atoms with Crippen molar-refractivity contribution in [2.75, 3.05) is 34.8 Å². The third-order valence-corrected chi connectivity index (χ3v) is 10.4. The fourth-order valence-electron chi connectivity index (χ4n) is 4.46. The molecule has 1 N–H and O–H groups in total. The third kappa shape index (κ3) is 7.75. The van der Waals surface area contributed by atoms with Crippen molar-refractivity contribution in [2.45, 2.75) is 36.5 Å². The van der Waals surface area contributed by atoms with Crippen LogP contribution in [0, 0.1) is 13.8 Å². The Kier molecular flexibility index (Phi) is 10.2. The number of benzene rings is 4. The van der Waals surface area contributed by atoms with E-state index in [0.29, 0.717) is 50.4 Å². The molecule has 0 unspecified atom stereocenters. The van der Waals surface area contributed by atoms with Crippen LogP contribution in [0.5, 0.6) is 0 Å². The molecule has 0 bridgehead atoms. The number of para-hydroxylation sites is 2. The third-order valence-electron chi connectivity index (χ3n) is 6.74. The first kappa shape index (κ1) is 30.3. The Balaban J connectivity index is 1.36. The molecule has 7 nitrogen and oxygen atoms in total. The Morgan fingerprint density at radius 2 is 0.854 bits per heavy atom. The highest BCUT2D eigenvalue weighted by Crippen LogP contribution is 2.25. The zero-order chi connectivity index (χ0) is 29.3. The zero-order valence-corrected chi connectivity index (χ0v) is 25.1. The minimum Gasteiger partial charge on any atom is -0.317 e. The second-order valence-corrected chi connectivity index (χ2v) is 13.6. The van der Waals surface area contributed by atoms with Crippen molar-refractivity contribution in [3.05, 3.63) is 120 Å². The summed E-state index contributed by atoms with van der Waals surface area (Å²) in [6, 6.07) is 32.0. The van der Waals surface area contributed by atoms with Crippen LogP contribution in [0.15, 0.2) is 119 Å². The molecule has 0 amide bonds. The molecule has 0 heterocycles. The first-order valence-corrected chi connectivity index (χ1v) is 16.6. The van der Waals surface area contributed by atoms with E-state index in [9.17, 15) is 16.8 Å².